The summed E-state index contributed by atoms with van der Waals surface area (Å²) in [5, 5.41) is 4.77. The largest absolute Gasteiger partial charge is 0.377 e. The number of hydrogen-bond acceptors (Lipinski definition) is 6. The summed E-state index contributed by atoms with van der Waals surface area (Å²) in [5.74, 6) is 1.02. The Hall–Kier alpha value is -0.440. The lowest BCUT2D eigenvalue weighted by molar-refractivity contribution is 0.0910. The van der Waals surface area contributed by atoms with Gasteiger partial charge in [0.2, 0.25) is 0 Å². The third kappa shape index (κ3) is 15.2. The summed E-state index contributed by atoms with van der Waals surface area (Å²) in [5.41, 5.74) is 0.448. The SMILES string of the molecule is CC(C)(C)COC/C=C/S(=O)(=O)CC1(C(C)(C)C)CC1.CC(C)(C)NCCCCCS(=O)(=O)CC1(C(C)(C)C)CC1. The summed E-state index contributed by atoms with van der Waals surface area (Å²) in [6, 6.07) is 0. The number of rotatable bonds is 14. The molecule has 2 fully saturated rings. The van der Waals surface area contributed by atoms with Crippen molar-refractivity contribution in [1.29, 1.82) is 0 Å². The Balaban J connectivity index is 0.000000410. The van der Waals surface area contributed by atoms with Crippen molar-refractivity contribution >= 4 is 19.7 Å². The highest BCUT2D eigenvalue weighted by Crippen LogP contribution is 2.60. The van der Waals surface area contributed by atoms with E-state index < -0.39 is 19.7 Å². The lowest BCUT2D eigenvalue weighted by atomic mass is 9.79. The lowest BCUT2D eigenvalue weighted by Gasteiger charge is -2.30. The van der Waals surface area contributed by atoms with E-state index in [0.717, 1.165) is 51.5 Å². The molecule has 0 saturated heterocycles. The van der Waals surface area contributed by atoms with Crippen molar-refractivity contribution in [3.8, 4) is 0 Å². The standard InChI is InChI=1S/C17H35NO2S.C16H30O3S/c1-15(2,3)17(10-11-17)14-21(19,20)13-9-7-8-12-18-16(4,5)6;1-14(2,3)12-19-10-7-11-20(17,18)13-16(8-9-16)15(4,5)6/h18H,7-14H2,1-6H3;7,11H,8-10,12-13H2,1-6H3/b;11-7+. The predicted octanol–water partition coefficient (Wildman–Crippen LogP) is 7.59. The minimum Gasteiger partial charge on any atom is -0.377 e. The molecule has 0 aromatic heterocycles. The first-order valence-corrected chi connectivity index (χ1v) is 19.2. The topological polar surface area (TPSA) is 89.5 Å². The zero-order valence-electron chi connectivity index (χ0n) is 28.7. The van der Waals surface area contributed by atoms with Gasteiger partial charge in [-0.2, -0.15) is 0 Å². The first kappa shape index (κ1) is 38.6. The quantitative estimate of drug-likeness (QED) is 0.202. The molecule has 8 heteroatoms. The summed E-state index contributed by atoms with van der Waals surface area (Å²) in [6.07, 6.45) is 8.65. The van der Waals surface area contributed by atoms with Crippen molar-refractivity contribution < 1.29 is 21.6 Å². The van der Waals surface area contributed by atoms with Gasteiger partial charge in [0.1, 0.15) is 0 Å². The second-order valence-corrected chi connectivity index (χ2v) is 21.2. The van der Waals surface area contributed by atoms with Crippen LogP contribution in [-0.2, 0) is 24.4 Å². The van der Waals surface area contributed by atoms with Crippen molar-refractivity contribution in [1.82, 2.24) is 5.32 Å². The van der Waals surface area contributed by atoms with E-state index in [1.807, 2.05) is 0 Å². The van der Waals surface area contributed by atoms with Gasteiger partial charge in [-0.25, -0.2) is 16.8 Å². The van der Waals surface area contributed by atoms with Crippen LogP contribution in [0.2, 0.25) is 0 Å². The number of hydrogen-bond donors (Lipinski definition) is 1. The van der Waals surface area contributed by atoms with Crippen LogP contribution in [0.25, 0.3) is 0 Å². The molecule has 0 atom stereocenters. The maximum atomic E-state index is 12.3. The van der Waals surface area contributed by atoms with E-state index in [4.69, 9.17) is 4.74 Å². The van der Waals surface area contributed by atoms with E-state index in [2.05, 4.69) is 88.4 Å². The minimum absolute atomic E-state index is 0.0254. The number of unbranched alkanes of at least 4 members (excludes halogenated alkanes) is 2. The van der Waals surface area contributed by atoms with Crippen LogP contribution >= 0.6 is 0 Å². The number of ether oxygens (including phenoxy) is 1. The van der Waals surface area contributed by atoms with Crippen molar-refractivity contribution in [2.75, 3.05) is 37.0 Å². The van der Waals surface area contributed by atoms with Gasteiger partial charge >= 0.3 is 0 Å². The molecule has 0 heterocycles. The molecule has 0 aromatic carbocycles. The summed E-state index contributed by atoms with van der Waals surface area (Å²) in [6.45, 7) is 27.6. The van der Waals surface area contributed by atoms with E-state index in [1.54, 1.807) is 6.08 Å². The highest BCUT2D eigenvalue weighted by atomic mass is 32.2. The molecular formula is C33H65NO5S2. The Morgan fingerprint density at radius 2 is 1.20 bits per heavy atom. The molecule has 1 N–H and O–H groups in total. The molecule has 0 amide bonds. The normalized spacial score (nSPS) is 19.1. The third-order valence-corrected chi connectivity index (χ3v) is 12.2. The second kappa shape index (κ2) is 14.1. The van der Waals surface area contributed by atoms with Crippen LogP contribution in [0.15, 0.2) is 11.5 Å². The Labute approximate surface area is 255 Å². The Kier molecular flexibility index (Phi) is 13.3. The summed E-state index contributed by atoms with van der Waals surface area (Å²) < 4.78 is 54.4. The minimum atomic E-state index is -3.14. The van der Waals surface area contributed by atoms with Gasteiger partial charge in [-0.15, -0.1) is 0 Å². The molecule has 2 saturated carbocycles. The van der Waals surface area contributed by atoms with Crippen LogP contribution in [0.5, 0.6) is 0 Å². The highest BCUT2D eigenvalue weighted by molar-refractivity contribution is 7.94. The van der Waals surface area contributed by atoms with E-state index >= 15 is 0 Å². The molecule has 0 bridgehead atoms. The average Bonchev–Trinajstić information content (AvgIpc) is 3.65. The van der Waals surface area contributed by atoms with Crippen molar-refractivity contribution in [3.05, 3.63) is 11.5 Å². The molecule has 244 valence electrons. The molecule has 6 nitrogen and oxygen atoms in total. The monoisotopic (exact) mass is 619 g/mol. The number of sulfone groups is 2. The zero-order valence-corrected chi connectivity index (χ0v) is 30.3. The Bertz CT molecular complexity index is 1040. The van der Waals surface area contributed by atoms with Crippen LogP contribution in [0.4, 0.5) is 0 Å². The van der Waals surface area contributed by atoms with Crippen molar-refractivity contribution in [2.24, 2.45) is 27.1 Å². The van der Waals surface area contributed by atoms with Gasteiger partial charge in [0.05, 0.1) is 30.5 Å². The molecule has 2 aliphatic carbocycles. The molecule has 0 radical (unpaired) electrons. The van der Waals surface area contributed by atoms with Gasteiger partial charge in [0.25, 0.3) is 0 Å². The number of nitrogens with one attached hydrogen (secondary N) is 1. The summed E-state index contributed by atoms with van der Waals surface area (Å²) in [7, 11) is -6.03. The van der Waals surface area contributed by atoms with Crippen molar-refractivity contribution in [2.45, 2.75) is 134 Å². The van der Waals surface area contributed by atoms with Gasteiger partial charge in [-0.3, -0.25) is 0 Å². The smallest absolute Gasteiger partial charge is 0.171 e. The molecule has 0 aliphatic heterocycles. The summed E-state index contributed by atoms with van der Waals surface area (Å²) >= 11 is 0. The molecule has 41 heavy (non-hydrogen) atoms. The molecular weight excluding hydrogens is 554 g/mol. The first-order valence-electron chi connectivity index (χ1n) is 15.7. The summed E-state index contributed by atoms with van der Waals surface area (Å²) in [4.78, 5) is 0. The van der Waals surface area contributed by atoms with Gasteiger partial charge in [0.15, 0.2) is 19.7 Å². The van der Waals surface area contributed by atoms with Gasteiger partial charge in [-0.05, 0) is 99.0 Å². The van der Waals surface area contributed by atoms with Gasteiger partial charge in [-0.1, -0.05) is 68.7 Å². The molecule has 0 unspecified atom stereocenters. The van der Waals surface area contributed by atoms with Crippen molar-refractivity contribution in [3.63, 3.8) is 0 Å². The molecule has 2 aliphatic rings. The van der Waals surface area contributed by atoms with E-state index in [0.29, 0.717) is 24.7 Å². The van der Waals surface area contributed by atoms with Crippen LogP contribution in [0.3, 0.4) is 0 Å². The average molecular weight is 620 g/mol. The Morgan fingerprint density at radius 3 is 1.61 bits per heavy atom. The van der Waals surface area contributed by atoms with Gasteiger partial charge < -0.3 is 10.1 Å². The zero-order chi connectivity index (χ0) is 32.0. The first-order chi connectivity index (χ1) is 18.2. The molecule has 0 spiro atoms. The maximum Gasteiger partial charge on any atom is 0.171 e. The van der Waals surface area contributed by atoms with Crippen LogP contribution < -0.4 is 5.32 Å². The highest BCUT2D eigenvalue weighted by Gasteiger charge is 2.54. The fraction of sp³-hybridized carbons (Fsp3) is 0.939. The van der Waals surface area contributed by atoms with Crippen LogP contribution in [0, 0.1) is 27.1 Å². The third-order valence-electron chi connectivity index (χ3n) is 8.70. The fourth-order valence-electron chi connectivity index (χ4n) is 5.16. The predicted molar refractivity (Wildman–Crippen MR) is 176 cm³/mol. The maximum absolute atomic E-state index is 12.3. The van der Waals surface area contributed by atoms with E-state index in [9.17, 15) is 16.8 Å². The second-order valence-electron chi connectivity index (χ2n) is 17.1. The lowest BCUT2D eigenvalue weighted by Crippen LogP contribution is -2.36. The van der Waals surface area contributed by atoms with Crippen LogP contribution in [0.1, 0.15) is 128 Å². The van der Waals surface area contributed by atoms with Crippen LogP contribution in [-0.4, -0.2) is 59.4 Å². The molecule has 0 aromatic rings. The fourth-order valence-corrected chi connectivity index (χ4v) is 9.47. The van der Waals surface area contributed by atoms with E-state index in [1.165, 1.54) is 5.41 Å². The molecule has 2 rings (SSSR count). The van der Waals surface area contributed by atoms with Gasteiger partial charge in [0, 0.05) is 10.9 Å². The Morgan fingerprint density at radius 1 is 0.707 bits per heavy atom. The van der Waals surface area contributed by atoms with E-state index in [-0.39, 0.29) is 38.4 Å².